The van der Waals surface area contributed by atoms with E-state index in [1.54, 1.807) is 18.3 Å². The van der Waals surface area contributed by atoms with Crippen molar-refractivity contribution in [1.82, 2.24) is 10.2 Å². The van der Waals surface area contributed by atoms with Gasteiger partial charge in [0.15, 0.2) is 0 Å². The first-order valence-electron chi connectivity index (χ1n) is 5.26. The maximum Gasteiger partial charge on any atom is 0.134 e. The third-order valence-corrected chi connectivity index (χ3v) is 2.66. The fraction of sp³-hybridized carbons (Fsp3) is 0.231. The van der Waals surface area contributed by atoms with Crippen LogP contribution < -0.4 is 4.74 Å². The summed E-state index contributed by atoms with van der Waals surface area (Å²) in [7, 11) is 1.51. The maximum absolute atomic E-state index is 14.0. The molecule has 0 aliphatic carbocycles. The zero-order valence-electron chi connectivity index (χ0n) is 9.99. The Morgan fingerprint density at radius 1 is 1.24 bits per heavy atom. The number of aryl methyl sites for hydroxylation is 2. The first kappa shape index (κ1) is 11.5. The molecule has 1 aromatic carbocycles. The van der Waals surface area contributed by atoms with Crippen LogP contribution in [0.1, 0.15) is 11.3 Å². The number of methoxy groups -OCH3 is 1. The first-order valence-corrected chi connectivity index (χ1v) is 5.26. The largest absolute Gasteiger partial charge is 0.497 e. The number of nitrogens with zero attached hydrogens (tertiary/aromatic N) is 2. The third kappa shape index (κ3) is 2.11. The Bertz CT molecular complexity index is 535. The minimum absolute atomic E-state index is 0.316. The molecule has 0 N–H and O–H groups in total. The summed E-state index contributed by atoms with van der Waals surface area (Å²) < 4.78 is 18.9. The quantitative estimate of drug-likeness (QED) is 0.798. The van der Waals surface area contributed by atoms with Gasteiger partial charge >= 0.3 is 0 Å². The Hall–Kier alpha value is -1.97. The summed E-state index contributed by atoms with van der Waals surface area (Å²) in [6.45, 7) is 3.71. The first-order chi connectivity index (χ1) is 8.13. The number of ether oxygens (including phenoxy) is 1. The molecule has 88 valence electrons. The van der Waals surface area contributed by atoms with Crippen LogP contribution in [0.4, 0.5) is 4.39 Å². The summed E-state index contributed by atoms with van der Waals surface area (Å²) in [5, 5.41) is 7.79. The predicted molar refractivity (Wildman–Crippen MR) is 63.5 cm³/mol. The topological polar surface area (TPSA) is 35.0 Å². The molecular weight excluding hydrogens is 219 g/mol. The van der Waals surface area contributed by atoms with E-state index in [-0.39, 0.29) is 5.82 Å². The highest BCUT2D eigenvalue weighted by Crippen LogP contribution is 2.29. The van der Waals surface area contributed by atoms with Gasteiger partial charge in [-0.3, -0.25) is 0 Å². The zero-order chi connectivity index (χ0) is 12.4. The lowest BCUT2D eigenvalue weighted by molar-refractivity contribution is 0.411. The van der Waals surface area contributed by atoms with Crippen molar-refractivity contribution in [2.75, 3.05) is 7.11 Å². The van der Waals surface area contributed by atoms with Gasteiger partial charge in [0.05, 0.1) is 19.0 Å². The monoisotopic (exact) mass is 232 g/mol. The molecule has 3 nitrogen and oxygen atoms in total. The van der Waals surface area contributed by atoms with Gasteiger partial charge in [-0.25, -0.2) is 4.39 Å². The summed E-state index contributed by atoms with van der Waals surface area (Å²) in [5.74, 6) is 0.187. The molecule has 0 spiro atoms. The molecule has 4 heteroatoms. The highest BCUT2D eigenvalue weighted by molar-refractivity contribution is 5.69. The van der Waals surface area contributed by atoms with E-state index in [2.05, 4.69) is 10.2 Å². The van der Waals surface area contributed by atoms with E-state index < -0.39 is 0 Å². The predicted octanol–water partition coefficient (Wildman–Crippen LogP) is 2.91. The van der Waals surface area contributed by atoms with Crippen LogP contribution in [-0.4, -0.2) is 17.3 Å². The molecule has 17 heavy (non-hydrogen) atoms. The summed E-state index contributed by atoms with van der Waals surface area (Å²) in [5.41, 5.74) is 2.94. The van der Waals surface area contributed by atoms with Gasteiger partial charge in [0, 0.05) is 17.2 Å². The minimum atomic E-state index is -0.316. The molecular formula is C13H13FN2O. The number of halogens is 1. The summed E-state index contributed by atoms with van der Waals surface area (Å²) in [6.07, 6.45) is 1.63. The Morgan fingerprint density at radius 2 is 2.00 bits per heavy atom. The molecule has 0 radical (unpaired) electrons. The molecule has 0 aliphatic heterocycles. The molecule has 0 bridgehead atoms. The van der Waals surface area contributed by atoms with Gasteiger partial charge in [0.25, 0.3) is 0 Å². The number of aromatic nitrogens is 2. The Balaban J connectivity index is 2.61. The number of benzene rings is 1. The molecule has 0 saturated carbocycles. The fourth-order valence-electron chi connectivity index (χ4n) is 1.83. The molecule has 1 heterocycles. The average Bonchev–Trinajstić information content (AvgIpc) is 2.30. The second-order valence-electron chi connectivity index (χ2n) is 3.83. The lowest BCUT2D eigenvalue weighted by Gasteiger charge is -2.10. The maximum atomic E-state index is 14.0. The van der Waals surface area contributed by atoms with E-state index in [9.17, 15) is 4.39 Å². The SMILES string of the molecule is COc1ccc(-c2c(C)cnnc2C)c(F)c1. The van der Waals surface area contributed by atoms with E-state index in [1.807, 2.05) is 13.8 Å². The van der Waals surface area contributed by atoms with Crippen LogP contribution in [0.15, 0.2) is 24.4 Å². The van der Waals surface area contributed by atoms with E-state index in [1.165, 1.54) is 13.2 Å². The van der Waals surface area contributed by atoms with Crippen LogP contribution in [0.25, 0.3) is 11.1 Å². The number of hydrogen-bond donors (Lipinski definition) is 0. The zero-order valence-corrected chi connectivity index (χ0v) is 9.99. The highest BCUT2D eigenvalue weighted by Gasteiger charge is 2.12. The van der Waals surface area contributed by atoms with Gasteiger partial charge in [-0.2, -0.15) is 10.2 Å². The average molecular weight is 232 g/mol. The molecule has 0 saturated heterocycles. The number of hydrogen-bond acceptors (Lipinski definition) is 3. The van der Waals surface area contributed by atoms with E-state index in [4.69, 9.17) is 4.74 Å². The molecule has 0 fully saturated rings. The van der Waals surface area contributed by atoms with Gasteiger partial charge in [-0.05, 0) is 31.5 Å². The summed E-state index contributed by atoms with van der Waals surface area (Å²) in [4.78, 5) is 0. The van der Waals surface area contributed by atoms with Gasteiger partial charge in [0.2, 0.25) is 0 Å². The number of rotatable bonds is 2. The second-order valence-corrected chi connectivity index (χ2v) is 3.83. The Morgan fingerprint density at radius 3 is 2.59 bits per heavy atom. The van der Waals surface area contributed by atoms with Crippen LogP contribution in [0.5, 0.6) is 5.75 Å². The van der Waals surface area contributed by atoms with Crippen LogP contribution in [0.3, 0.4) is 0 Å². The van der Waals surface area contributed by atoms with Crippen LogP contribution in [0, 0.1) is 19.7 Å². The third-order valence-electron chi connectivity index (χ3n) is 2.66. The minimum Gasteiger partial charge on any atom is -0.497 e. The van der Waals surface area contributed by atoms with Crippen molar-refractivity contribution in [1.29, 1.82) is 0 Å². The van der Waals surface area contributed by atoms with Gasteiger partial charge in [0.1, 0.15) is 11.6 Å². The van der Waals surface area contributed by atoms with Crippen molar-refractivity contribution in [3.63, 3.8) is 0 Å². The van der Waals surface area contributed by atoms with Crippen molar-refractivity contribution < 1.29 is 9.13 Å². The van der Waals surface area contributed by atoms with Crippen molar-refractivity contribution in [2.45, 2.75) is 13.8 Å². The molecule has 0 aliphatic rings. The van der Waals surface area contributed by atoms with Gasteiger partial charge in [-0.1, -0.05) is 0 Å². The van der Waals surface area contributed by atoms with E-state index >= 15 is 0 Å². The second kappa shape index (κ2) is 4.49. The van der Waals surface area contributed by atoms with E-state index in [0.717, 1.165) is 11.1 Å². The summed E-state index contributed by atoms with van der Waals surface area (Å²) >= 11 is 0. The highest BCUT2D eigenvalue weighted by atomic mass is 19.1. The van der Waals surface area contributed by atoms with Gasteiger partial charge in [-0.15, -0.1) is 0 Å². The molecule has 2 aromatic rings. The lowest BCUT2D eigenvalue weighted by Crippen LogP contribution is -1.96. The fourth-order valence-corrected chi connectivity index (χ4v) is 1.83. The molecule has 0 unspecified atom stereocenters. The molecule has 1 aromatic heterocycles. The van der Waals surface area contributed by atoms with Crippen LogP contribution >= 0.6 is 0 Å². The van der Waals surface area contributed by atoms with Crippen molar-refractivity contribution in [3.05, 3.63) is 41.5 Å². The standard InChI is InChI=1S/C13H13FN2O/c1-8-7-15-16-9(2)13(8)11-5-4-10(17-3)6-12(11)14/h4-7H,1-3H3. The summed E-state index contributed by atoms with van der Waals surface area (Å²) in [6, 6.07) is 4.80. The van der Waals surface area contributed by atoms with Crippen LogP contribution in [0.2, 0.25) is 0 Å². The lowest BCUT2D eigenvalue weighted by atomic mass is 10.0. The van der Waals surface area contributed by atoms with Gasteiger partial charge < -0.3 is 4.74 Å². The molecule has 0 atom stereocenters. The Kier molecular flexibility index (Phi) is 3.04. The van der Waals surface area contributed by atoms with Crippen molar-refractivity contribution >= 4 is 0 Å². The van der Waals surface area contributed by atoms with Crippen molar-refractivity contribution in [3.8, 4) is 16.9 Å². The molecule has 2 rings (SSSR count). The Labute approximate surface area is 99.3 Å². The molecule has 0 amide bonds. The smallest absolute Gasteiger partial charge is 0.134 e. The van der Waals surface area contributed by atoms with E-state index in [0.29, 0.717) is 17.0 Å². The van der Waals surface area contributed by atoms with Crippen molar-refractivity contribution in [2.24, 2.45) is 0 Å². The van der Waals surface area contributed by atoms with Crippen LogP contribution in [-0.2, 0) is 0 Å². The normalized spacial score (nSPS) is 10.4.